The summed E-state index contributed by atoms with van der Waals surface area (Å²) < 4.78 is 5.32. The number of primary amides is 1. The van der Waals surface area contributed by atoms with Crippen LogP contribution < -0.4 is 10.6 Å². The predicted octanol–water partition coefficient (Wildman–Crippen LogP) is 3.56. The highest BCUT2D eigenvalue weighted by molar-refractivity contribution is 6.35. The fourth-order valence-electron chi connectivity index (χ4n) is 3.54. The van der Waals surface area contributed by atoms with Crippen LogP contribution in [0.5, 0.6) is 0 Å². The van der Waals surface area contributed by atoms with Gasteiger partial charge in [0.1, 0.15) is 6.61 Å². The molecule has 3 amide bonds. The maximum atomic E-state index is 13.0. The normalized spacial score (nSPS) is 12.6. The molecule has 0 radical (unpaired) electrons. The molecule has 0 aliphatic carbocycles. The van der Waals surface area contributed by atoms with Crippen molar-refractivity contribution in [2.45, 2.75) is 20.5 Å². The van der Waals surface area contributed by atoms with E-state index in [0.717, 1.165) is 16.0 Å². The molecule has 32 heavy (non-hydrogen) atoms. The Labute approximate surface area is 184 Å². The minimum absolute atomic E-state index is 0.0174. The molecule has 3 aromatic rings. The molecule has 4 rings (SSSR count). The number of rotatable bonds is 5. The number of hydrogen-bond donors (Lipinski definition) is 1. The van der Waals surface area contributed by atoms with E-state index in [2.05, 4.69) is 0 Å². The molecule has 0 saturated carbocycles. The molecule has 1 aliphatic rings. The maximum Gasteiger partial charge on any atom is 0.338 e. The predicted molar refractivity (Wildman–Crippen MR) is 118 cm³/mol. The molecule has 7 heteroatoms. The van der Waals surface area contributed by atoms with E-state index in [1.54, 1.807) is 30.3 Å². The number of hydrogen-bond acceptors (Lipinski definition) is 5. The van der Waals surface area contributed by atoms with Crippen molar-refractivity contribution >= 4 is 29.4 Å². The summed E-state index contributed by atoms with van der Waals surface area (Å²) in [6.45, 7) is 3.70. The van der Waals surface area contributed by atoms with E-state index in [0.29, 0.717) is 16.8 Å². The van der Waals surface area contributed by atoms with E-state index in [1.165, 1.54) is 18.2 Å². The standard InChI is InChI=1S/C25H20N2O5/c1-14-3-4-15(2)21(11-14)27-23(29)19-10-9-18(12-20(19)24(27)30)25(31)32-13-16-5-7-17(8-6-16)22(26)28/h3-12H,13H2,1-2H3,(H2,26,28). The van der Waals surface area contributed by atoms with Gasteiger partial charge >= 0.3 is 5.97 Å². The van der Waals surface area contributed by atoms with Crippen LogP contribution in [-0.2, 0) is 11.3 Å². The van der Waals surface area contributed by atoms with Gasteiger partial charge in [-0.25, -0.2) is 9.69 Å². The molecule has 0 unspecified atom stereocenters. The molecule has 0 aromatic heterocycles. The summed E-state index contributed by atoms with van der Waals surface area (Å²) in [6, 6.07) is 16.3. The number of ether oxygens (including phenoxy) is 1. The smallest absolute Gasteiger partial charge is 0.338 e. The molecule has 1 aliphatic heterocycles. The van der Waals surface area contributed by atoms with Gasteiger partial charge < -0.3 is 10.5 Å². The highest BCUT2D eigenvalue weighted by Crippen LogP contribution is 2.32. The lowest BCUT2D eigenvalue weighted by Crippen LogP contribution is -2.30. The number of amides is 3. The lowest BCUT2D eigenvalue weighted by Gasteiger charge is -2.17. The van der Waals surface area contributed by atoms with Crippen molar-refractivity contribution in [1.29, 1.82) is 0 Å². The Morgan fingerprint density at radius 3 is 2.19 bits per heavy atom. The van der Waals surface area contributed by atoms with Crippen molar-refractivity contribution in [2.24, 2.45) is 5.73 Å². The number of nitrogens with zero attached hydrogens (tertiary/aromatic N) is 1. The number of carbonyl (C=O) groups is 4. The van der Waals surface area contributed by atoms with Crippen molar-refractivity contribution < 1.29 is 23.9 Å². The van der Waals surface area contributed by atoms with Crippen molar-refractivity contribution in [1.82, 2.24) is 0 Å². The molecule has 0 spiro atoms. The number of anilines is 1. The minimum Gasteiger partial charge on any atom is -0.457 e. The Morgan fingerprint density at radius 2 is 1.50 bits per heavy atom. The third-order valence-corrected chi connectivity index (χ3v) is 5.34. The van der Waals surface area contributed by atoms with Crippen LogP contribution >= 0.6 is 0 Å². The number of nitrogens with two attached hydrogens (primary N) is 1. The van der Waals surface area contributed by atoms with Gasteiger partial charge in [-0.2, -0.15) is 0 Å². The summed E-state index contributed by atoms with van der Waals surface area (Å²) in [5.41, 5.74) is 9.07. The first-order valence-electron chi connectivity index (χ1n) is 9.92. The quantitative estimate of drug-likeness (QED) is 0.494. The van der Waals surface area contributed by atoms with Crippen LogP contribution in [0.25, 0.3) is 0 Å². The molecule has 0 fully saturated rings. The van der Waals surface area contributed by atoms with Crippen LogP contribution in [0, 0.1) is 13.8 Å². The minimum atomic E-state index is -0.628. The molecule has 3 aromatic carbocycles. The lowest BCUT2D eigenvalue weighted by atomic mass is 10.1. The van der Waals surface area contributed by atoms with Crippen LogP contribution in [0.15, 0.2) is 60.7 Å². The van der Waals surface area contributed by atoms with Crippen LogP contribution in [0.4, 0.5) is 5.69 Å². The number of esters is 1. The maximum absolute atomic E-state index is 13.0. The third-order valence-electron chi connectivity index (χ3n) is 5.34. The van der Waals surface area contributed by atoms with Gasteiger partial charge in [-0.05, 0) is 66.9 Å². The zero-order valence-corrected chi connectivity index (χ0v) is 17.5. The van der Waals surface area contributed by atoms with E-state index in [-0.39, 0.29) is 23.3 Å². The van der Waals surface area contributed by atoms with Gasteiger partial charge in [-0.3, -0.25) is 14.4 Å². The lowest BCUT2D eigenvalue weighted by molar-refractivity contribution is 0.0472. The third kappa shape index (κ3) is 3.76. The topological polar surface area (TPSA) is 107 Å². The van der Waals surface area contributed by atoms with Crippen molar-refractivity contribution in [3.05, 3.63) is 99.6 Å². The molecule has 2 N–H and O–H groups in total. The highest BCUT2D eigenvalue weighted by atomic mass is 16.5. The zero-order chi connectivity index (χ0) is 23.0. The van der Waals surface area contributed by atoms with Crippen molar-refractivity contribution in [3.8, 4) is 0 Å². The molecule has 7 nitrogen and oxygen atoms in total. The highest BCUT2D eigenvalue weighted by Gasteiger charge is 2.38. The molecule has 0 saturated heterocycles. The van der Waals surface area contributed by atoms with Gasteiger partial charge in [0.2, 0.25) is 5.91 Å². The fraction of sp³-hybridized carbons (Fsp3) is 0.120. The zero-order valence-electron chi connectivity index (χ0n) is 17.5. The first kappa shape index (κ1) is 21.0. The number of carbonyl (C=O) groups excluding carboxylic acids is 4. The van der Waals surface area contributed by atoms with Crippen LogP contribution in [0.2, 0.25) is 0 Å². The van der Waals surface area contributed by atoms with Gasteiger partial charge in [0.25, 0.3) is 11.8 Å². The monoisotopic (exact) mass is 428 g/mol. The Kier molecular flexibility index (Phi) is 5.32. The van der Waals surface area contributed by atoms with Gasteiger partial charge in [0, 0.05) is 5.56 Å². The largest absolute Gasteiger partial charge is 0.457 e. The fourth-order valence-corrected chi connectivity index (χ4v) is 3.54. The Morgan fingerprint density at radius 1 is 0.844 bits per heavy atom. The average Bonchev–Trinajstić information content (AvgIpc) is 3.03. The molecule has 160 valence electrons. The SMILES string of the molecule is Cc1ccc(C)c(N2C(=O)c3ccc(C(=O)OCc4ccc(C(N)=O)cc4)cc3C2=O)c1. The van der Waals surface area contributed by atoms with E-state index in [9.17, 15) is 19.2 Å². The molecule has 1 heterocycles. The summed E-state index contributed by atoms with van der Waals surface area (Å²) >= 11 is 0. The van der Waals surface area contributed by atoms with Crippen molar-refractivity contribution in [3.63, 3.8) is 0 Å². The second-order valence-electron chi connectivity index (χ2n) is 7.63. The Hall–Kier alpha value is -4.26. The molecule has 0 atom stereocenters. The summed E-state index contributed by atoms with van der Waals surface area (Å²) in [5.74, 6) is -2.07. The van der Waals surface area contributed by atoms with Gasteiger partial charge in [-0.15, -0.1) is 0 Å². The Bertz CT molecular complexity index is 1280. The summed E-state index contributed by atoms with van der Waals surface area (Å²) in [7, 11) is 0. The second-order valence-corrected chi connectivity index (χ2v) is 7.63. The second kappa shape index (κ2) is 8.11. The van der Waals surface area contributed by atoms with Gasteiger partial charge in [0.15, 0.2) is 0 Å². The molecular weight excluding hydrogens is 408 g/mol. The van der Waals surface area contributed by atoms with Crippen LogP contribution in [-0.4, -0.2) is 23.7 Å². The summed E-state index contributed by atoms with van der Waals surface area (Å²) in [6.07, 6.45) is 0. The summed E-state index contributed by atoms with van der Waals surface area (Å²) in [4.78, 5) is 50.7. The number of imide groups is 1. The van der Waals surface area contributed by atoms with Crippen LogP contribution in [0.3, 0.4) is 0 Å². The van der Waals surface area contributed by atoms with Gasteiger partial charge in [0.05, 0.1) is 22.4 Å². The number of aryl methyl sites for hydroxylation is 2. The van der Waals surface area contributed by atoms with Crippen LogP contribution in [0.1, 0.15) is 58.1 Å². The average molecular weight is 428 g/mol. The van der Waals surface area contributed by atoms with E-state index in [4.69, 9.17) is 10.5 Å². The van der Waals surface area contributed by atoms with E-state index < -0.39 is 23.7 Å². The summed E-state index contributed by atoms with van der Waals surface area (Å²) in [5, 5.41) is 0. The number of benzene rings is 3. The molecular formula is C25H20N2O5. The van der Waals surface area contributed by atoms with Crippen molar-refractivity contribution in [2.75, 3.05) is 4.90 Å². The van der Waals surface area contributed by atoms with E-state index in [1.807, 2.05) is 26.0 Å². The van der Waals surface area contributed by atoms with Gasteiger partial charge in [-0.1, -0.05) is 24.3 Å². The first-order valence-corrected chi connectivity index (χ1v) is 9.92. The molecule has 0 bridgehead atoms. The Balaban J connectivity index is 1.53. The van der Waals surface area contributed by atoms with E-state index >= 15 is 0 Å². The number of fused-ring (bicyclic) bond motifs is 1. The first-order chi connectivity index (χ1) is 15.3.